The van der Waals surface area contributed by atoms with Crippen molar-refractivity contribution in [3.05, 3.63) is 94.8 Å². The molecule has 0 spiro atoms. The number of anilines is 1. The quantitative estimate of drug-likeness (QED) is 0.208. The fourth-order valence-electron chi connectivity index (χ4n) is 2.37. The molecule has 0 fully saturated rings. The Labute approximate surface area is 181 Å². The average molecular weight is 440 g/mol. The van der Waals surface area contributed by atoms with E-state index in [0.29, 0.717) is 16.3 Å². The number of carbonyl (C=O) groups excluding carboxylic acids is 3. The average Bonchev–Trinajstić information content (AvgIpc) is 2.76. The van der Waals surface area contributed by atoms with Crippen LogP contribution in [0.15, 0.2) is 77.9 Å². The molecular weight excluding hydrogens is 425 g/mol. The van der Waals surface area contributed by atoms with E-state index in [-0.39, 0.29) is 11.3 Å². The molecule has 2 amide bonds. The lowest BCUT2D eigenvalue weighted by molar-refractivity contribution is -0.136. The number of ether oxygens (including phenoxy) is 1. The molecule has 0 aliphatic carbocycles. The molecule has 0 bridgehead atoms. The number of hydrazone groups is 1. The van der Waals surface area contributed by atoms with Crippen molar-refractivity contribution < 1.29 is 23.5 Å². The zero-order valence-corrected chi connectivity index (χ0v) is 16.6. The Morgan fingerprint density at radius 2 is 1.58 bits per heavy atom. The van der Waals surface area contributed by atoms with E-state index in [4.69, 9.17) is 16.3 Å². The van der Waals surface area contributed by atoms with Crippen LogP contribution in [-0.2, 0) is 9.59 Å². The number of benzene rings is 3. The van der Waals surface area contributed by atoms with Crippen LogP contribution in [0.1, 0.15) is 15.9 Å². The van der Waals surface area contributed by atoms with Crippen LogP contribution in [0, 0.1) is 5.82 Å². The number of nitrogens with one attached hydrogen (secondary N) is 2. The van der Waals surface area contributed by atoms with E-state index in [1.807, 2.05) is 0 Å². The summed E-state index contributed by atoms with van der Waals surface area (Å²) in [5.74, 6) is -3.21. The Balaban J connectivity index is 1.53. The van der Waals surface area contributed by atoms with Crippen molar-refractivity contribution in [3.8, 4) is 5.75 Å². The molecule has 0 aliphatic rings. The predicted molar refractivity (Wildman–Crippen MR) is 114 cm³/mol. The van der Waals surface area contributed by atoms with Crippen LogP contribution < -0.4 is 15.5 Å². The highest BCUT2D eigenvalue weighted by atomic mass is 35.5. The minimum absolute atomic E-state index is 0.175. The second kappa shape index (κ2) is 10.1. The molecular formula is C22H15ClFN3O4. The Morgan fingerprint density at radius 3 is 2.29 bits per heavy atom. The van der Waals surface area contributed by atoms with Gasteiger partial charge in [-0.3, -0.25) is 9.59 Å². The molecule has 9 heteroatoms. The molecule has 3 aromatic carbocycles. The lowest BCUT2D eigenvalue weighted by Gasteiger charge is -2.06. The summed E-state index contributed by atoms with van der Waals surface area (Å²) in [6, 6.07) is 18.0. The topological polar surface area (TPSA) is 96.9 Å². The maximum atomic E-state index is 13.6. The van der Waals surface area contributed by atoms with Gasteiger partial charge in [0, 0.05) is 0 Å². The van der Waals surface area contributed by atoms with E-state index in [2.05, 4.69) is 15.8 Å². The third kappa shape index (κ3) is 5.97. The van der Waals surface area contributed by atoms with E-state index in [0.717, 1.165) is 0 Å². The van der Waals surface area contributed by atoms with Gasteiger partial charge in [0.1, 0.15) is 11.6 Å². The van der Waals surface area contributed by atoms with Crippen LogP contribution >= 0.6 is 11.6 Å². The molecule has 0 radical (unpaired) electrons. The summed E-state index contributed by atoms with van der Waals surface area (Å²) in [7, 11) is 0. The highest BCUT2D eigenvalue weighted by molar-refractivity contribution is 6.41. The van der Waals surface area contributed by atoms with Gasteiger partial charge in [0.2, 0.25) is 0 Å². The van der Waals surface area contributed by atoms with Gasteiger partial charge in [-0.05, 0) is 54.1 Å². The van der Waals surface area contributed by atoms with Crippen LogP contribution in [0.25, 0.3) is 0 Å². The van der Waals surface area contributed by atoms with Gasteiger partial charge in [0.15, 0.2) is 0 Å². The summed E-state index contributed by atoms with van der Waals surface area (Å²) < 4.78 is 18.7. The highest BCUT2D eigenvalue weighted by Gasteiger charge is 2.14. The van der Waals surface area contributed by atoms with Gasteiger partial charge in [-0.25, -0.2) is 14.6 Å². The number of halogens is 2. The van der Waals surface area contributed by atoms with Crippen molar-refractivity contribution >= 4 is 41.3 Å². The largest absolute Gasteiger partial charge is 0.423 e. The molecule has 0 saturated carbocycles. The van der Waals surface area contributed by atoms with Gasteiger partial charge in [-0.2, -0.15) is 5.10 Å². The molecule has 0 aliphatic heterocycles. The Hall–Kier alpha value is -4.04. The molecule has 156 valence electrons. The van der Waals surface area contributed by atoms with Crippen LogP contribution in [0.3, 0.4) is 0 Å². The van der Waals surface area contributed by atoms with Gasteiger partial charge >= 0.3 is 17.8 Å². The number of amides is 2. The van der Waals surface area contributed by atoms with Gasteiger partial charge in [-0.1, -0.05) is 35.9 Å². The minimum atomic E-state index is -0.980. The lowest BCUT2D eigenvalue weighted by Crippen LogP contribution is -2.32. The predicted octanol–water partition coefficient (Wildman–Crippen LogP) is 3.79. The van der Waals surface area contributed by atoms with Crippen LogP contribution in [-0.4, -0.2) is 24.0 Å². The Bertz CT molecular complexity index is 1150. The van der Waals surface area contributed by atoms with Crippen molar-refractivity contribution in [1.29, 1.82) is 0 Å². The lowest BCUT2D eigenvalue weighted by atomic mass is 10.2. The number of hydrogen-bond donors (Lipinski definition) is 2. The van der Waals surface area contributed by atoms with Crippen molar-refractivity contribution in [1.82, 2.24) is 5.43 Å². The molecule has 0 aromatic heterocycles. The summed E-state index contributed by atoms with van der Waals surface area (Å²) in [4.78, 5) is 35.7. The van der Waals surface area contributed by atoms with Crippen LogP contribution in [0.2, 0.25) is 5.02 Å². The standard InChI is InChI=1S/C22H15ClFN3O4/c23-17-6-2-4-8-19(17)26-20(28)21(29)27-25-13-14-9-11-15(12-10-14)31-22(30)16-5-1-3-7-18(16)24/h1-13H,(H,26,28)(H,27,29). The number of para-hydroxylation sites is 1. The summed E-state index contributed by atoms with van der Waals surface area (Å²) in [6.45, 7) is 0. The fraction of sp³-hybridized carbons (Fsp3) is 0. The van der Waals surface area contributed by atoms with Crippen molar-refractivity contribution in [2.75, 3.05) is 5.32 Å². The van der Waals surface area contributed by atoms with E-state index in [9.17, 15) is 18.8 Å². The second-order valence-corrected chi connectivity index (χ2v) is 6.48. The zero-order chi connectivity index (χ0) is 22.2. The number of esters is 1. The maximum absolute atomic E-state index is 13.6. The van der Waals surface area contributed by atoms with E-state index < -0.39 is 23.6 Å². The summed E-state index contributed by atoms with van der Waals surface area (Å²) >= 11 is 5.92. The Kier molecular flexibility index (Phi) is 7.08. The van der Waals surface area contributed by atoms with Crippen molar-refractivity contribution in [2.45, 2.75) is 0 Å². The smallest absolute Gasteiger partial charge is 0.346 e. The van der Waals surface area contributed by atoms with E-state index in [1.165, 1.54) is 42.6 Å². The highest BCUT2D eigenvalue weighted by Crippen LogP contribution is 2.20. The van der Waals surface area contributed by atoms with Crippen molar-refractivity contribution in [2.24, 2.45) is 5.10 Å². The molecule has 0 unspecified atom stereocenters. The SMILES string of the molecule is O=C(NN=Cc1ccc(OC(=O)c2ccccc2F)cc1)C(=O)Nc1ccccc1Cl. The summed E-state index contributed by atoms with van der Waals surface area (Å²) in [5, 5.41) is 6.36. The van der Waals surface area contributed by atoms with Crippen LogP contribution in [0.4, 0.5) is 10.1 Å². The molecule has 7 nitrogen and oxygen atoms in total. The van der Waals surface area contributed by atoms with E-state index in [1.54, 1.807) is 36.4 Å². The summed E-state index contributed by atoms with van der Waals surface area (Å²) in [5.41, 5.74) is 2.77. The third-order valence-electron chi connectivity index (χ3n) is 3.89. The normalized spacial score (nSPS) is 10.5. The molecule has 3 rings (SSSR count). The maximum Gasteiger partial charge on any atom is 0.346 e. The number of hydrogen-bond acceptors (Lipinski definition) is 5. The van der Waals surface area contributed by atoms with Gasteiger partial charge < -0.3 is 10.1 Å². The fourth-order valence-corrected chi connectivity index (χ4v) is 2.55. The van der Waals surface area contributed by atoms with Gasteiger partial charge in [0.05, 0.1) is 22.5 Å². The van der Waals surface area contributed by atoms with Crippen LogP contribution in [0.5, 0.6) is 5.75 Å². The first-order chi connectivity index (χ1) is 14.9. The Morgan fingerprint density at radius 1 is 0.903 bits per heavy atom. The van der Waals surface area contributed by atoms with Gasteiger partial charge in [-0.15, -0.1) is 0 Å². The first kappa shape index (κ1) is 21.7. The zero-order valence-electron chi connectivity index (χ0n) is 15.8. The van der Waals surface area contributed by atoms with E-state index >= 15 is 0 Å². The first-order valence-corrected chi connectivity index (χ1v) is 9.27. The molecule has 0 heterocycles. The molecule has 2 N–H and O–H groups in total. The minimum Gasteiger partial charge on any atom is -0.423 e. The first-order valence-electron chi connectivity index (χ1n) is 8.90. The number of rotatable bonds is 5. The monoisotopic (exact) mass is 439 g/mol. The van der Waals surface area contributed by atoms with Crippen molar-refractivity contribution in [3.63, 3.8) is 0 Å². The second-order valence-electron chi connectivity index (χ2n) is 6.07. The number of nitrogens with zero attached hydrogens (tertiary/aromatic N) is 1. The molecule has 0 atom stereocenters. The number of carbonyl (C=O) groups is 3. The molecule has 0 saturated heterocycles. The third-order valence-corrected chi connectivity index (χ3v) is 4.22. The van der Waals surface area contributed by atoms with Gasteiger partial charge in [0.25, 0.3) is 0 Å². The molecule has 3 aromatic rings. The summed E-state index contributed by atoms with van der Waals surface area (Å²) in [6.07, 6.45) is 1.29. The molecule has 31 heavy (non-hydrogen) atoms.